The van der Waals surface area contributed by atoms with Crippen molar-refractivity contribution >= 4 is 34.8 Å². The Hall–Kier alpha value is -3.49. The number of aliphatic hydroxyl groups is 2. The third kappa shape index (κ3) is 3.81. The van der Waals surface area contributed by atoms with Gasteiger partial charge in [-0.3, -0.25) is 24.2 Å². The summed E-state index contributed by atoms with van der Waals surface area (Å²) in [5.41, 5.74) is 0.0201. The van der Waals surface area contributed by atoms with Crippen molar-refractivity contribution in [1.82, 2.24) is 0 Å². The minimum Gasteiger partial charge on any atom is -0.441 e. The van der Waals surface area contributed by atoms with Gasteiger partial charge in [-0.15, -0.1) is 0 Å². The van der Waals surface area contributed by atoms with Crippen LogP contribution in [0.25, 0.3) is 0 Å². The highest BCUT2D eigenvalue weighted by Gasteiger charge is 2.53. The number of β-lactam (4-membered cyclic amide) rings is 1. The lowest BCUT2D eigenvalue weighted by Gasteiger charge is -2.39. The first-order valence-electron chi connectivity index (χ1n) is 10.8. The van der Waals surface area contributed by atoms with Gasteiger partial charge in [0, 0.05) is 36.4 Å². The number of carbonyl (C=O) groups is 3. The standard InChI is InChI=1S/C25H26N2O6/c1-16(8-6-7-13-28)25(32)20-14-19(27-22(30)15-23(27)33-17(2)29)11-12-21(20)26(24(25)31)18-9-4-3-5-10-18/h3-6,8-12,14,16,23,28,32H,7,13,15H2,1-2H3/b8-6+/t16-,23?,25+/m1/s1. The molecule has 2 N–H and O–H groups in total. The normalized spacial score (nSPS) is 23.0. The van der Waals surface area contributed by atoms with E-state index in [4.69, 9.17) is 9.84 Å². The number of amides is 2. The number of ether oxygens (including phenoxy) is 1. The Morgan fingerprint density at radius 3 is 2.58 bits per heavy atom. The highest BCUT2D eigenvalue weighted by molar-refractivity contribution is 6.13. The van der Waals surface area contributed by atoms with E-state index in [0.29, 0.717) is 29.0 Å². The van der Waals surface area contributed by atoms with Gasteiger partial charge in [0.15, 0.2) is 11.8 Å². The fraction of sp³-hybridized carbons (Fsp3) is 0.320. The molecule has 2 heterocycles. The molecule has 2 aromatic rings. The van der Waals surface area contributed by atoms with Crippen molar-refractivity contribution in [1.29, 1.82) is 0 Å². The maximum atomic E-state index is 13.6. The number of para-hydroxylation sites is 1. The van der Waals surface area contributed by atoms with Crippen LogP contribution in [0.5, 0.6) is 0 Å². The molecule has 33 heavy (non-hydrogen) atoms. The average molecular weight is 450 g/mol. The molecular formula is C25H26N2O6. The zero-order valence-corrected chi connectivity index (χ0v) is 18.5. The van der Waals surface area contributed by atoms with Crippen molar-refractivity contribution in [2.24, 2.45) is 5.92 Å². The van der Waals surface area contributed by atoms with Gasteiger partial charge >= 0.3 is 5.97 Å². The second-order valence-corrected chi connectivity index (χ2v) is 8.21. The summed E-state index contributed by atoms with van der Waals surface area (Å²) in [5.74, 6) is -1.84. The van der Waals surface area contributed by atoms with Crippen molar-refractivity contribution < 1.29 is 29.3 Å². The van der Waals surface area contributed by atoms with Crippen molar-refractivity contribution in [3.8, 4) is 0 Å². The Morgan fingerprint density at radius 1 is 1.21 bits per heavy atom. The highest BCUT2D eigenvalue weighted by atomic mass is 16.6. The fourth-order valence-electron chi connectivity index (χ4n) is 4.34. The predicted octanol–water partition coefficient (Wildman–Crippen LogP) is 2.75. The van der Waals surface area contributed by atoms with E-state index in [9.17, 15) is 19.5 Å². The van der Waals surface area contributed by atoms with Gasteiger partial charge in [-0.05, 0) is 36.8 Å². The molecular weight excluding hydrogens is 424 g/mol. The zero-order chi connectivity index (χ0) is 23.8. The fourth-order valence-corrected chi connectivity index (χ4v) is 4.34. The number of fused-ring (bicyclic) bond motifs is 1. The van der Waals surface area contributed by atoms with E-state index < -0.39 is 29.6 Å². The lowest BCUT2D eigenvalue weighted by Crippen LogP contribution is -2.55. The second-order valence-electron chi connectivity index (χ2n) is 8.21. The first kappa shape index (κ1) is 22.7. The minimum atomic E-state index is -1.89. The van der Waals surface area contributed by atoms with E-state index in [-0.39, 0.29) is 18.9 Å². The number of hydrogen-bond donors (Lipinski definition) is 2. The molecule has 2 amide bonds. The summed E-state index contributed by atoms with van der Waals surface area (Å²) in [5, 5.41) is 20.9. The quantitative estimate of drug-likeness (QED) is 0.382. The second kappa shape index (κ2) is 8.80. The molecule has 3 atom stereocenters. The molecule has 1 saturated heterocycles. The summed E-state index contributed by atoms with van der Waals surface area (Å²) in [4.78, 5) is 40.2. The van der Waals surface area contributed by atoms with Crippen molar-refractivity contribution in [2.75, 3.05) is 16.4 Å². The van der Waals surface area contributed by atoms with Crippen molar-refractivity contribution in [3.05, 3.63) is 66.2 Å². The van der Waals surface area contributed by atoms with Crippen LogP contribution < -0.4 is 9.80 Å². The monoisotopic (exact) mass is 450 g/mol. The molecule has 2 aliphatic heterocycles. The molecule has 1 fully saturated rings. The molecule has 1 unspecified atom stereocenters. The molecule has 0 aliphatic carbocycles. The Bertz CT molecular complexity index is 1120. The first-order chi connectivity index (χ1) is 15.8. The maximum Gasteiger partial charge on any atom is 0.304 e. The van der Waals surface area contributed by atoms with E-state index in [2.05, 4.69) is 0 Å². The third-order valence-corrected chi connectivity index (χ3v) is 6.04. The summed E-state index contributed by atoms with van der Waals surface area (Å²) >= 11 is 0. The summed E-state index contributed by atoms with van der Waals surface area (Å²) in [6.07, 6.45) is 3.19. The van der Waals surface area contributed by atoms with E-state index in [1.807, 2.05) is 6.07 Å². The van der Waals surface area contributed by atoms with Crippen LogP contribution in [0.1, 0.15) is 32.3 Å². The number of nitrogens with zero attached hydrogens (tertiary/aromatic N) is 2. The molecule has 0 bridgehead atoms. The number of carbonyl (C=O) groups excluding carboxylic acids is 3. The van der Waals surface area contributed by atoms with Gasteiger partial charge in [-0.2, -0.15) is 0 Å². The number of esters is 1. The van der Waals surface area contributed by atoms with Gasteiger partial charge in [-0.1, -0.05) is 37.3 Å². The predicted molar refractivity (Wildman–Crippen MR) is 122 cm³/mol. The van der Waals surface area contributed by atoms with Gasteiger partial charge in [0.05, 0.1) is 12.1 Å². The molecule has 0 aromatic heterocycles. The van der Waals surface area contributed by atoms with E-state index >= 15 is 0 Å². The van der Waals surface area contributed by atoms with Gasteiger partial charge in [0.25, 0.3) is 5.91 Å². The van der Waals surface area contributed by atoms with Crippen LogP contribution in [0.4, 0.5) is 17.1 Å². The minimum absolute atomic E-state index is 0.0406. The van der Waals surface area contributed by atoms with Gasteiger partial charge in [0.2, 0.25) is 5.91 Å². The smallest absolute Gasteiger partial charge is 0.304 e. The molecule has 0 saturated carbocycles. The Morgan fingerprint density at radius 2 is 1.94 bits per heavy atom. The summed E-state index contributed by atoms with van der Waals surface area (Å²) in [7, 11) is 0. The number of hydrogen-bond acceptors (Lipinski definition) is 6. The lowest BCUT2D eigenvalue weighted by molar-refractivity contribution is -0.153. The van der Waals surface area contributed by atoms with Gasteiger partial charge in [0.1, 0.15) is 0 Å². The van der Waals surface area contributed by atoms with E-state index in [0.717, 1.165) is 0 Å². The average Bonchev–Trinajstić information content (AvgIpc) is 3.01. The van der Waals surface area contributed by atoms with Gasteiger partial charge in [-0.25, -0.2) is 0 Å². The van der Waals surface area contributed by atoms with Crippen LogP contribution in [0.2, 0.25) is 0 Å². The van der Waals surface area contributed by atoms with E-state index in [1.54, 1.807) is 61.5 Å². The van der Waals surface area contributed by atoms with Crippen LogP contribution in [-0.4, -0.2) is 40.8 Å². The molecule has 0 spiro atoms. The SMILES string of the molecule is CC(=O)OC1CC(=O)N1c1ccc2c(c1)[C@@](O)([C@H](C)/C=C/CCO)C(=O)N2c1ccccc1. The molecule has 4 rings (SSSR count). The molecule has 8 nitrogen and oxygen atoms in total. The zero-order valence-electron chi connectivity index (χ0n) is 18.5. The Kier molecular flexibility index (Phi) is 6.05. The molecule has 0 radical (unpaired) electrons. The van der Waals surface area contributed by atoms with Crippen molar-refractivity contribution in [3.63, 3.8) is 0 Å². The van der Waals surface area contributed by atoms with Gasteiger partial charge < -0.3 is 14.9 Å². The van der Waals surface area contributed by atoms with Crippen LogP contribution in [0.3, 0.4) is 0 Å². The molecule has 8 heteroatoms. The highest BCUT2D eigenvalue weighted by Crippen LogP contribution is 2.50. The Balaban J connectivity index is 1.81. The van der Waals surface area contributed by atoms with Crippen LogP contribution in [-0.2, 0) is 24.7 Å². The largest absolute Gasteiger partial charge is 0.441 e. The summed E-state index contributed by atoms with van der Waals surface area (Å²) in [6.45, 7) is 2.97. The number of aliphatic hydroxyl groups excluding tert-OH is 1. The molecule has 2 aliphatic rings. The number of rotatable bonds is 7. The van der Waals surface area contributed by atoms with E-state index in [1.165, 1.54) is 16.7 Å². The Labute approximate surface area is 191 Å². The topological polar surface area (TPSA) is 107 Å². The molecule has 2 aromatic carbocycles. The van der Waals surface area contributed by atoms with Crippen LogP contribution >= 0.6 is 0 Å². The molecule has 172 valence electrons. The summed E-state index contributed by atoms with van der Waals surface area (Å²) < 4.78 is 5.21. The lowest BCUT2D eigenvalue weighted by atomic mass is 9.82. The number of anilines is 3. The van der Waals surface area contributed by atoms with Crippen molar-refractivity contribution in [2.45, 2.75) is 38.5 Å². The number of benzene rings is 2. The summed E-state index contributed by atoms with van der Waals surface area (Å²) in [6, 6.07) is 14.0. The van der Waals surface area contributed by atoms with Crippen LogP contribution in [0.15, 0.2) is 60.7 Å². The maximum absolute atomic E-state index is 13.6. The third-order valence-electron chi connectivity index (χ3n) is 6.04. The first-order valence-corrected chi connectivity index (χ1v) is 10.8. The van der Waals surface area contributed by atoms with Crippen LogP contribution in [0, 0.1) is 5.92 Å².